The van der Waals surface area contributed by atoms with E-state index in [0.717, 1.165) is 5.56 Å². The van der Waals surface area contributed by atoms with Gasteiger partial charge in [-0.05, 0) is 5.56 Å². The van der Waals surface area contributed by atoms with Gasteiger partial charge in [0.05, 0.1) is 12.1 Å². The van der Waals surface area contributed by atoms with E-state index >= 15 is 0 Å². The number of oxime groups is 1. The number of rotatable bonds is 4. The third-order valence-corrected chi connectivity index (χ3v) is 1.43. The van der Waals surface area contributed by atoms with Gasteiger partial charge >= 0.3 is 0 Å². The van der Waals surface area contributed by atoms with Gasteiger partial charge < -0.3 is 4.84 Å². The van der Waals surface area contributed by atoms with Crippen LogP contribution in [0.1, 0.15) is 5.56 Å². The molecule has 0 saturated carbocycles. The summed E-state index contributed by atoms with van der Waals surface area (Å²) >= 11 is 5.35. The van der Waals surface area contributed by atoms with E-state index in [1.807, 2.05) is 30.3 Å². The standard InChI is InChI=1S/C9H10ClNO/c10-6-7-11-12-8-9-4-2-1-3-5-9/h1-5,7H,6,8H2. The van der Waals surface area contributed by atoms with Crippen LogP contribution in [-0.4, -0.2) is 12.1 Å². The van der Waals surface area contributed by atoms with Crippen LogP contribution < -0.4 is 0 Å². The smallest absolute Gasteiger partial charge is 0.142 e. The maximum Gasteiger partial charge on any atom is 0.142 e. The molecule has 0 heterocycles. The molecular weight excluding hydrogens is 174 g/mol. The second-order valence-electron chi connectivity index (χ2n) is 2.20. The molecule has 0 spiro atoms. The summed E-state index contributed by atoms with van der Waals surface area (Å²) in [6.07, 6.45) is 1.52. The van der Waals surface area contributed by atoms with Crippen molar-refractivity contribution in [3.05, 3.63) is 35.9 Å². The minimum atomic E-state index is 0.384. The van der Waals surface area contributed by atoms with E-state index < -0.39 is 0 Å². The van der Waals surface area contributed by atoms with E-state index in [0.29, 0.717) is 12.5 Å². The van der Waals surface area contributed by atoms with Crippen LogP contribution in [0.4, 0.5) is 0 Å². The Morgan fingerprint density at radius 1 is 1.33 bits per heavy atom. The van der Waals surface area contributed by atoms with Gasteiger partial charge in [-0.3, -0.25) is 0 Å². The molecule has 0 fully saturated rings. The van der Waals surface area contributed by atoms with Crippen molar-refractivity contribution in [3.8, 4) is 0 Å². The quantitative estimate of drug-likeness (QED) is 0.399. The third kappa shape index (κ3) is 3.39. The van der Waals surface area contributed by atoms with Crippen LogP contribution in [0, 0.1) is 0 Å². The van der Waals surface area contributed by atoms with E-state index in [2.05, 4.69) is 5.16 Å². The topological polar surface area (TPSA) is 21.6 Å². The fraction of sp³-hybridized carbons (Fsp3) is 0.222. The molecule has 1 aromatic carbocycles. The Balaban J connectivity index is 2.29. The fourth-order valence-electron chi connectivity index (χ4n) is 0.767. The zero-order valence-electron chi connectivity index (χ0n) is 6.61. The number of hydrogen-bond donors (Lipinski definition) is 0. The Bertz CT molecular complexity index is 236. The summed E-state index contributed by atoms with van der Waals surface area (Å²) in [5.41, 5.74) is 1.10. The summed E-state index contributed by atoms with van der Waals surface area (Å²) in [7, 11) is 0. The van der Waals surface area contributed by atoms with Gasteiger partial charge in [-0.15, -0.1) is 11.6 Å². The summed E-state index contributed by atoms with van der Waals surface area (Å²) in [6.45, 7) is 0.494. The number of halogens is 1. The normalized spacial score (nSPS) is 10.4. The van der Waals surface area contributed by atoms with Crippen molar-refractivity contribution in [2.24, 2.45) is 5.16 Å². The third-order valence-electron chi connectivity index (χ3n) is 1.29. The van der Waals surface area contributed by atoms with Crippen LogP contribution in [0.25, 0.3) is 0 Å². The molecule has 0 aliphatic carbocycles. The lowest BCUT2D eigenvalue weighted by Gasteiger charge is -1.97. The first kappa shape index (κ1) is 9.07. The average molecular weight is 184 g/mol. The summed E-state index contributed by atoms with van der Waals surface area (Å²) in [5, 5.41) is 3.63. The zero-order chi connectivity index (χ0) is 8.65. The second-order valence-corrected chi connectivity index (χ2v) is 2.51. The van der Waals surface area contributed by atoms with Crippen molar-refractivity contribution in [1.82, 2.24) is 0 Å². The lowest BCUT2D eigenvalue weighted by atomic mass is 10.2. The van der Waals surface area contributed by atoms with Gasteiger partial charge in [0, 0.05) is 0 Å². The van der Waals surface area contributed by atoms with Crippen LogP contribution >= 0.6 is 11.6 Å². The maximum absolute atomic E-state index is 5.35. The molecule has 0 radical (unpaired) electrons. The van der Waals surface area contributed by atoms with Crippen LogP contribution in [0.2, 0.25) is 0 Å². The fourth-order valence-corrected chi connectivity index (χ4v) is 0.823. The SMILES string of the molecule is ClCC=NOCc1ccccc1. The van der Waals surface area contributed by atoms with Gasteiger partial charge in [0.2, 0.25) is 0 Å². The number of hydrogen-bond acceptors (Lipinski definition) is 2. The van der Waals surface area contributed by atoms with E-state index in [9.17, 15) is 0 Å². The number of alkyl halides is 1. The van der Waals surface area contributed by atoms with Gasteiger partial charge in [-0.2, -0.15) is 0 Å². The molecule has 0 saturated heterocycles. The summed E-state index contributed by atoms with van der Waals surface area (Å²) in [6, 6.07) is 9.85. The highest BCUT2D eigenvalue weighted by molar-refractivity contribution is 6.24. The average Bonchev–Trinajstić information content (AvgIpc) is 2.14. The van der Waals surface area contributed by atoms with Gasteiger partial charge in [-0.25, -0.2) is 0 Å². The van der Waals surface area contributed by atoms with E-state index in [1.54, 1.807) is 0 Å². The lowest BCUT2D eigenvalue weighted by molar-refractivity contribution is 0.132. The summed E-state index contributed by atoms with van der Waals surface area (Å²) in [4.78, 5) is 4.95. The number of nitrogens with zero attached hydrogens (tertiary/aromatic N) is 1. The Morgan fingerprint density at radius 2 is 2.08 bits per heavy atom. The molecule has 1 rings (SSSR count). The van der Waals surface area contributed by atoms with Crippen LogP contribution in [0.5, 0.6) is 0 Å². The van der Waals surface area contributed by atoms with E-state index in [4.69, 9.17) is 16.4 Å². The van der Waals surface area contributed by atoms with Crippen molar-refractivity contribution in [3.63, 3.8) is 0 Å². The highest BCUT2D eigenvalue weighted by Gasteiger charge is 1.87. The minimum Gasteiger partial charge on any atom is -0.391 e. The molecule has 1 aromatic rings. The zero-order valence-corrected chi connectivity index (χ0v) is 7.37. The molecule has 0 amide bonds. The van der Waals surface area contributed by atoms with Crippen molar-refractivity contribution in [2.45, 2.75) is 6.61 Å². The Hall–Kier alpha value is -1.02. The van der Waals surface area contributed by atoms with Gasteiger partial charge in [0.15, 0.2) is 0 Å². The molecule has 0 unspecified atom stereocenters. The molecule has 0 aromatic heterocycles. The van der Waals surface area contributed by atoms with E-state index in [1.165, 1.54) is 6.21 Å². The largest absolute Gasteiger partial charge is 0.391 e. The van der Waals surface area contributed by atoms with Crippen molar-refractivity contribution in [1.29, 1.82) is 0 Å². The molecule has 0 bridgehead atoms. The van der Waals surface area contributed by atoms with Crippen LogP contribution in [-0.2, 0) is 11.4 Å². The molecule has 64 valence electrons. The Morgan fingerprint density at radius 3 is 2.75 bits per heavy atom. The monoisotopic (exact) mass is 183 g/mol. The second kappa shape index (κ2) is 5.61. The van der Waals surface area contributed by atoms with Crippen LogP contribution in [0.3, 0.4) is 0 Å². The Labute approximate surface area is 76.8 Å². The summed E-state index contributed by atoms with van der Waals surface area (Å²) in [5.74, 6) is 0.384. The minimum absolute atomic E-state index is 0.384. The van der Waals surface area contributed by atoms with Crippen molar-refractivity contribution < 1.29 is 4.84 Å². The molecule has 3 heteroatoms. The van der Waals surface area contributed by atoms with Gasteiger partial charge in [0.1, 0.15) is 6.61 Å². The summed E-state index contributed by atoms with van der Waals surface area (Å²) < 4.78 is 0. The highest BCUT2D eigenvalue weighted by Crippen LogP contribution is 1.99. The highest BCUT2D eigenvalue weighted by atomic mass is 35.5. The molecule has 2 nitrogen and oxygen atoms in total. The lowest BCUT2D eigenvalue weighted by Crippen LogP contribution is -1.86. The van der Waals surface area contributed by atoms with Crippen molar-refractivity contribution >= 4 is 17.8 Å². The molecule has 12 heavy (non-hydrogen) atoms. The Kier molecular flexibility index (Phi) is 4.24. The van der Waals surface area contributed by atoms with E-state index in [-0.39, 0.29) is 0 Å². The van der Waals surface area contributed by atoms with Gasteiger partial charge in [-0.1, -0.05) is 35.5 Å². The molecule has 0 aliphatic heterocycles. The predicted molar refractivity (Wildman–Crippen MR) is 50.4 cm³/mol. The molecule has 0 N–H and O–H groups in total. The van der Waals surface area contributed by atoms with Crippen molar-refractivity contribution in [2.75, 3.05) is 5.88 Å². The predicted octanol–water partition coefficient (Wildman–Crippen LogP) is 2.43. The molecular formula is C9H10ClNO. The maximum atomic E-state index is 5.35. The first-order valence-electron chi connectivity index (χ1n) is 3.67. The first-order chi connectivity index (χ1) is 5.93. The first-order valence-corrected chi connectivity index (χ1v) is 4.20. The van der Waals surface area contributed by atoms with Crippen LogP contribution in [0.15, 0.2) is 35.5 Å². The molecule has 0 atom stereocenters. The molecule has 0 aliphatic rings. The van der Waals surface area contributed by atoms with Gasteiger partial charge in [0.25, 0.3) is 0 Å². The number of benzene rings is 1.